The third-order valence-electron chi connectivity index (χ3n) is 5.23. The normalized spacial score (nSPS) is 34.6. The van der Waals surface area contributed by atoms with E-state index in [-0.39, 0.29) is 11.4 Å². The maximum atomic E-state index is 13.3. The molecule has 1 spiro atoms. The van der Waals surface area contributed by atoms with Crippen LogP contribution in [0.15, 0.2) is 23.2 Å². The molecule has 1 N–H and O–H groups in total. The van der Waals surface area contributed by atoms with E-state index in [1.54, 1.807) is 6.07 Å². The van der Waals surface area contributed by atoms with Crippen LogP contribution in [0.3, 0.4) is 0 Å². The largest absolute Gasteiger partial charge is 0.300 e. The molecule has 4 aliphatic rings. The summed E-state index contributed by atoms with van der Waals surface area (Å²) in [4.78, 5) is 17.5. The zero-order valence-electron chi connectivity index (χ0n) is 12.6. The van der Waals surface area contributed by atoms with Crippen LogP contribution in [0.1, 0.15) is 19.3 Å². The monoisotopic (exact) mass is 332 g/mol. The summed E-state index contributed by atoms with van der Waals surface area (Å²) in [6.07, 6.45) is 3.21. The molecule has 0 amide bonds. The Morgan fingerprint density at radius 2 is 2.26 bits per heavy atom. The molecule has 1 unspecified atom stereocenters. The fourth-order valence-electron chi connectivity index (χ4n) is 4.07. The van der Waals surface area contributed by atoms with Crippen LogP contribution in [0, 0.1) is 11.7 Å². The van der Waals surface area contributed by atoms with E-state index in [4.69, 9.17) is 4.84 Å². The quantitative estimate of drug-likeness (QED) is 0.872. The first-order valence-electron chi connectivity index (χ1n) is 8.00. The van der Waals surface area contributed by atoms with Crippen LogP contribution in [-0.2, 0) is 4.84 Å². The second kappa shape index (κ2) is 4.96. The van der Waals surface area contributed by atoms with Crippen LogP contribution < -0.4 is 5.48 Å². The van der Waals surface area contributed by atoms with Gasteiger partial charge in [0.2, 0.25) is 5.13 Å². The van der Waals surface area contributed by atoms with Gasteiger partial charge in [-0.15, -0.1) is 0 Å². The summed E-state index contributed by atoms with van der Waals surface area (Å²) >= 11 is 1.40. The third kappa shape index (κ3) is 2.26. The average molecular weight is 332 g/mol. The predicted molar refractivity (Wildman–Crippen MR) is 87.4 cm³/mol. The lowest BCUT2D eigenvalue weighted by Crippen LogP contribution is -2.59. The fraction of sp³-hybridized carbons (Fsp3) is 0.500. The maximum Gasteiger partial charge on any atom is 0.211 e. The number of fused-ring (bicyclic) bond motifs is 3. The molecule has 1 atom stereocenters. The molecule has 7 heteroatoms. The number of aromatic nitrogens is 1. The van der Waals surface area contributed by atoms with Crippen LogP contribution in [0.25, 0.3) is 10.2 Å². The van der Waals surface area contributed by atoms with Crippen molar-refractivity contribution in [3.8, 4) is 0 Å². The molecule has 23 heavy (non-hydrogen) atoms. The van der Waals surface area contributed by atoms with Crippen molar-refractivity contribution in [2.75, 3.05) is 19.6 Å². The van der Waals surface area contributed by atoms with Gasteiger partial charge in [0.25, 0.3) is 0 Å². The highest BCUT2D eigenvalue weighted by Crippen LogP contribution is 2.42. The first kappa shape index (κ1) is 13.8. The SMILES string of the molecule is Fc1ccc2nc(N=C3CC4(CN5CCC4CC5)ON3)sc2c1. The second-order valence-corrected chi connectivity index (χ2v) is 7.67. The molecule has 120 valence electrons. The molecule has 6 rings (SSSR count). The average Bonchev–Trinajstić information content (AvgIpc) is 3.12. The lowest BCUT2D eigenvalue weighted by molar-refractivity contribution is -0.150. The Morgan fingerprint density at radius 3 is 3.04 bits per heavy atom. The molecule has 0 radical (unpaired) electrons. The first-order valence-corrected chi connectivity index (χ1v) is 8.82. The zero-order valence-corrected chi connectivity index (χ0v) is 13.4. The Bertz CT molecular complexity index is 798. The van der Waals surface area contributed by atoms with Crippen LogP contribution in [-0.4, -0.2) is 41.0 Å². The number of piperidine rings is 3. The number of hydrogen-bond donors (Lipinski definition) is 1. The Hall–Kier alpha value is -1.57. The van der Waals surface area contributed by atoms with Crippen molar-refractivity contribution < 1.29 is 9.23 Å². The Morgan fingerprint density at radius 1 is 1.39 bits per heavy atom. The number of hydrogen-bond acceptors (Lipinski definition) is 5. The molecule has 4 aliphatic heterocycles. The van der Waals surface area contributed by atoms with Gasteiger partial charge in [-0.3, -0.25) is 10.3 Å². The lowest BCUT2D eigenvalue weighted by Gasteiger charge is -2.49. The van der Waals surface area contributed by atoms with Crippen molar-refractivity contribution in [3.05, 3.63) is 24.0 Å². The molecule has 1 aromatic heterocycles. The van der Waals surface area contributed by atoms with Crippen molar-refractivity contribution in [3.63, 3.8) is 0 Å². The molecule has 2 bridgehead atoms. The molecule has 5 heterocycles. The number of amidine groups is 1. The minimum absolute atomic E-state index is 0.127. The summed E-state index contributed by atoms with van der Waals surface area (Å²) in [5.74, 6) is 1.20. The molecule has 1 aromatic carbocycles. The molecular weight excluding hydrogens is 315 g/mol. The van der Waals surface area contributed by atoms with Crippen molar-refractivity contribution in [2.24, 2.45) is 10.9 Å². The highest BCUT2D eigenvalue weighted by Gasteiger charge is 2.52. The van der Waals surface area contributed by atoms with E-state index in [2.05, 4.69) is 20.4 Å². The first-order chi connectivity index (χ1) is 11.2. The minimum Gasteiger partial charge on any atom is -0.300 e. The summed E-state index contributed by atoms with van der Waals surface area (Å²) in [6, 6.07) is 4.63. The van der Waals surface area contributed by atoms with Gasteiger partial charge in [0.15, 0.2) is 0 Å². The standard InChI is InChI=1S/C16H17FN4OS/c17-11-1-2-12-13(7-11)23-15(18-12)19-14-8-16(22-20-14)9-21-5-3-10(16)4-6-21/h1-2,7,10H,3-6,8-9H2,(H,18,19,20). The smallest absolute Gasteiger partial charge is 0.211 e. The maximum absolute atomic E-state index is 13.3. The molecule has 0 saturated carbocycles. The van der Waals surface area contributed by atoms with Crippen molar-refractivity contribution in [2.45, 2.75) is 24.9 Å². The zero-order chi connectivity index (χ0) is 15.4. The second-order valence-electron chi connectivity index (χ2n) is 6.66. The van der Waals surface area contributed by atoms with E-state index in [0.717, 1.165) is 29.0 Å². The Labute approximate surface area is 137 Å². The fourth-order valence-corrected chi connectivity index (χ4v) is 4.95. The van der Waals surface area contributed by atoms with Gasteiger partial charge in [-0.25, -0.2) is 14.4 Å². The van der Waals surface area contributed by atoms with Crippen LogP contribution in [0.2, 0.25) is 0 Å². The number of nitrogens with zero attached hydrogens (tertiary/aromatic N) is 3. The van der Waals surface area contributed by atoms with Crippen LogP contribution in [0.5, 0.6) is 0 Å². The number of halogens is 1. The van der Waals surface area contributed by atoms with Gasteiger partial charge in [-0.2, -0.15) is 0 Å². The highest BCUT2D eigenvalue weighted by atomic mass is 32.1. The van der Waals surface area contributed by atoms with Gasteiger partial charge >= 0.3 is 0 Å². The topological polar surface area (TPSA) is 49.8 Å². The molecule has 0 aliphatic carbocycles. The third-order valence-corrected chi connectivity index (χ3v) is 6.14. The van der Waals surface area contributed by atoms with Crippen molar-refractivity contribution in [1.82, 2.24) is 15.4 Å². The van der Waals surface area contributed by atoms with Gasteiger partial charge < -0.3 is 4.90 Å². The molecule has 5 nitrogen and oxygen atoms in total. The highest BCUT2D eigenvalue weighted by molar-refractivity contribution is 7.22. The number of rotatable bonds is 1. The summed E-state index contributed by atoms with van der Waals surface area (Å²) < 4.78 is 14.1. The number of hydroxylamine groups is 1. The molecule has 4 saturated heterocycles. The van der Waals surface area contributed by atoms with Gasteiger partial charge in [-0.1, -0.05) is 11.3 Å². The van der Waals surface area contributed by atoms with Crippen LogP contribution >= 0.6 is 11.3 Å². The number of nitrogens with one attached hydrogen (secondary N) is 1. The van der Waals surface area contributed by atoms with E-state index in [9.17, 15) is 4.39 Å². The number of benzene rings is 1. The van der Waals surface area contributed by atoms with Gasteiger partial charge in [0.05, 0.1) is 10.2 Å². The summed E-state index contributed by atoms with van der Waals surface area (Å²) in [6.45, 7) is 3.35. The van der Waals surface area contributed by atoms with E-state index in [1.807, 2.05) is 0 Å². The molecular formula is C16H17FN4OS. The summed E-state index contributed by atoms with van der Waals surface area (Å²) in [5.41, 5.74) is 3.68. The minimum atomic E-state index is -0.242. The molecule has 2 aromatic rings. The lowest BCUT2D eigenvalue weighted by atomic mass is 9.74. The Kier molecular flexibility index (Phi) is 2.98. The van der Waals surface area contributed by atoms with E-state index in [1.165, 1.54) is 49.4 Å². The number of aliphatic imine (C=N–C) groups is 1. The van der Waals surface area contributed by atoms with E-state index in [0.29, 0.717) is 11.0 Å². The van der Waals surface area contributed by atoms with Gasteiger partial charge in [0.1, 0.15) is 17.3 Å². The van der Waals surface area contributed by atoms with E-state index < -0.39 is 0 Å². The molecule has 4 fully saturated rings. The van der Waals surface area contributed by atoms with Crippen molar-refractivity contribution in [1.29, 1.82) is 0 Å². The van der Waals surface area contributed by atoms with Crippen LogP contribution in [0.4, 0.5) is 9.52 Å². The van der Waals surface area contributed by atoms with E-state index >= 15 is 0 Å². The van der Waals surface area contributed by atoms with Crippen molar-refractivity contribution >= 4 is 32.5 Å². The summed E-state index contributed by atoms with van der Waals surface area (Å²) in [7, 11) is 0. The van der Waals surface area contributed by atoms with Gasteiger partial charge in [-0.05, 0) is 50.0 Å². The Balaban J connectivity index is 1.42. The van der Waals surface area contributed by atoms with Gasteiger partial charge in [0, 0.05) is 13.0 Å². The number of thiazole rings is 1. The summed E-state index contributed by atoms with van der Waals surface area (Å²) in [5, 5.41) is 0.648. The predicted octanol–water partition coefficient (Wildman–Crippen LogP) is 2.85.